The zero-order valence-corrected chi connectivity index (χ0v) is 14.6. The molecule has 2 aromatic rings. The zero-order valence-electron chi connectivity index (χ0n) is 13.8. The molecule has 0 saturated heterocycles. The normalized spacial score (nSPS) is 11.6. The van der Waals surface area contributed by atoms with Crippen LogP contribution in [0.4, 0.5) is 22.7 Å². The maximum Gasteiger partial charge on any atom is 0.270 e. The summed E-state index contributed by atoms with van der Waals surface area (Å²) in [6.45, 7) is 1.80. The van der Waals surface area contributed by atoms with Crippen molar-refractivity contribution in [1.82, 2.24) is 0 Å². The number of rotatable bonds is 5. The monoisotopic (exact) mass is 364 g/mol. The van der Waals surface area contributed by atoms with E-state index < -0.39 is 14.8 Å². The lowest BCUT2D eigenvalue weighted by Crippen LogP contribution is -1.99. The van der Waals surface area contributed by atoms with Crippen molar-refractivity contribution in [1.29, 1.82) is 0 Å². The van der Waals surface area contributed by atoms with Gasteiger partial charge in [0.2, 0.25) is 0 Å². The van der Waals surface area contributed by atoms with Gasteiger partial charge in [0.05, 0.1) is 17.7 Å². The van der Waals surface area contributed by atoms with Crippen LogP contribution in [-0.2, 0) is 9.84 Å². The number of nitro benzene ring substituents is 1. The number of nitrogens with two attached hydrogens (primary N) is 1. The molecule has 0 fully saturated rings. The Morgan fingerprint density at radius 3 is 2.36 bits per heavy atom. The van der Waals surface area contributed by atoms with Gasteiger partial charge in [0.25, 0.3) is 5.69 Å². The van der Waals surface area contributed by atoms with E-state index in [4.69, 9.17) is 10.5 Å². The maximum atomic E-state index is 11.9. The number of ether oxygens (including phenoxy) is 1. The summed E-state index contributed by atoms with van der Waals surface area (Å²) in [7, 11) is -2.22. The Balaban J connectivity index is 2.52. The molecule has 2 N–H and O–H groups in total. The molecule has 9 nitrogen and oxygen atoms in total. The fourth-order valence-electron chi connectivity index (χ4n) is 2.10. The Morgan fingerprint density at radius 1 is 1.16 bits per heavy atom. The number of aryl methyl sites for hydroxylation is 1. The molecule has 0 aromatic heterocycles. The van der Waals surface area contributed by atoms with Gasteiger partial charge >= 0.3 is 0 Å². The largest absolute Gasteiger partial charge is 0.496 e. The quantitative estimate of drug-likeness (QED) is 0.374. The molecule has 0 heterocycles. The summed E-state index contributed by atoms with van der Waals surface area (Å²) in [5, 5.41) is 18.7. The molecule has 0 radical (unpaired) electrons. The highest BCUT2D eigenvalue weighted by Crippen LogP contribution is 2.34. The molecule has 0 saturated carbocycles. The van der Waals surface area contributed by atoms with E-state index in [0.717, 1.165) is 24.0 Å². The van der Waals surface area contributed by atoms with Crippen LogP contribution in [0.3, 0.4) is 0 Å². The zero-order chi connectivity index (χ0) is 18.8. The van der Waals surface area contributed by atoms with Crippen molar-refractivity contribution < 1.29 is 18.1 Å². The second kappa shape index (κ2) is 6.85. The second-order valence-electron chi connectivity index (χ2n) is 5.26. The predicted octanol–water partition coefficient (Wildman–Crippen LogP) is 3.31. The van der Waals surface area contributed by atoms with Crippen LogP contribution < -0.4 is 10.5 Å². The number of nitro groups is 1. The van der Waals surface area contributed by atoms with Crippen LogP contribution in [0.1, 0.15) is 5.56 Å². The van der Waals surface area contributed by atoms with Gasteiger partial charge in [0.1, 0.15) is 22.0 Å². The van der Waals surface area contributed by atoms with E-state index in [-0.39, 0.29) is 16.3 Å². The number of azo groups is 1. The van der Waals surface area contributed by atoms with Crippen LogP contribution in [0.2, 0.25) is 0 Å². The minimum absolute atomic E-state index is 0.0130. The number of hydrogen-bond acceptors (Lipinski definition) is 8. The predicted molar refractivity (Wildman–Crippen MR) is 92.5 cm³/mol. The van der Waals surface area contributed by atoms with Crippen molar-refractivity contribution in [2.75, 3.05) is 19.1 Å². The third kappa shape index (κ3) is 4.10. The summed E-state index contributed by atoms with van der Waals surface area (Å²) in [4.78, 5) is 9.88. The third-order valence-corrected chi connectivity index (χ3v) is 4.49. The lowest BCUT2D eigenvalue weighted by atomic mass is 10.2. The van der Waals surface area contributed by atoms with E-state index in [1.807, 2.05) is 0 Å². The SMILES string of the molecule is COc1cc(N)c(/N=N/c2ccc([N+](=O)[O-])cc2S(C)(=O)=O)cc1C. The van der Waals surface area contributed by atoms with Crippen molar-refractivity contribution in [3.05, 3.63) is 46.0 Å². The van der Waals surface area contributed by atoms with Crippen LogP contribution in [-0.4, -0.2) is 26.7 Å². The molecule has 25 heavy (non-hydrogen) atoms. The van der Waals surface area contributed by atoms with Gasteiger partial charge in [-0.15, -0.1) is 10.2 Å². The van der Waals surface area contributed by atoms with E-state index in [1.54, 1.807) is 19.1 Å². The van der Waals surface area contributed by atoms with E-state index in [2.05, 4.69) is 10.2 Å². The molecule has 0 aliphatic carbocycles. The lowest BCUT2D eigenvalue weighted by Gasteiger charge is -2.07. The van der Waals surface area contributed by atoms with Crippen LogP contribution in [0.5, 0.6) is 5.75 Å². The third-order valence-electron chi connectivity index (χ3n) is 3.36. The summed E-state index contributed by atoms with van der Waals surface area (Å²) < 4.78 is 28.9. The molecule has 0 aliphatic heterocycles. The van der Waals surface area contributed by atoms with Crippen LogP contribution in [0, 0.1) is 17.0 Å². The van der Waals surface area contributed by atoms with Gasteiger partial charge in [0.15, 0.2) is 9.84 Å². The van der Waals surface area contributed by atoms with Gasteiger partial charge in [-0.25, -0.2) is 8.42 Å². The summed E-state index contributed by atoms with van der Waals surface area (Å²) in [5.74, 6) is 0.587. The molecular weight excluding hydrogens is 348 g/mol. The van der Waals surface area contributed by atoms with Crippen molar-refractivity contribution in [2.45, 2.75) is 11.8 Å². The first-order chi connectivity index (χ1) is 11.6. The number of sulfone groups is 1. The van der Waals surface area contributed by atoms with Gasteiger partial charge in [-0.05, 0) is 24.6 Å². The summed E-state index contributed by atoms with van der Waals surface area (Å²) in [6, 6.07) is 6.56. The molecule has 0 amide bonds. The van der Waals surface area contributed by atoms with Crippen LogP contribution in [0.25, 0.3) is 0 Å². The van der Waals surface area contributed by atoms with E-state index in [0.29, 0.717) is 17.1 Å². The highest BCUT2D eigenvalue weighted by Gasteiger charge is 2.18. The first-order valence-electron chi connectivity index (χ1n) is 6.98. The van der Waals surface area contributed by atoms with Crippen LogP contribution in [0.15, 0.2) is 45.5 Å². The average molecular weight is 364 g/mol. The second-order valence-corrected chi connectivity index (χ2v) is 7.25. The molecule has 2 rings (SSSR count). The topological polar surface area (TPSA) is 137 Å². The number of anilines is 1. The molecule has 0 atom stereocenters. The molecule has 0 aliphatic rings. The average Bonchev–Trinajstić information content (AvgIpc) is 2.54. The fraction of sp³-hybridized carbons (Fsp3) is 0.200. The van der Waals surface area contributed by atoms with Gasteiger partial charge in [-0.1, -0.05) is 0 Å². The Morgan fingerprint density at radius 2 is 1.80 bits per heavy atom. The first kappa shape index (κ1) is 18.3. The number of benzene rings is 2. The van der Waals surface area contributed by atoms with Crippen molar-refractivity contribution in [3.63, 3.8) is 0 Å². The highest BCUT2D eigenvalue weighted by molar-refractivity contribution is 7.90. The molecule has 10 heteroatoms. The number of nitrogen functional groups attached to an aromatic ring is 1. The summed E-state index contributed by atoms with van der Waals surface area (Å²) >= 11 is 0. The fourth-order valence-corrected chi connectivity index (χ4v) is 2.92. The molecule has 0 bridgehead atoms. The Kier molecular flexibility index (Phi) is 5.02. The van der Waals surface area contributed by atoms with Crippen molar-refractivity contribution >= 4 is 32.6 Å². The van der Waals surface area contributed by atoms with Gasteiger partial charge in [-0.3, -0.25) is 10.1 Å². The Bertz CT molecular complexity index is 970. The Labute approximate surface area is 144 Å². The molecule has 0 unspecified atom stereocenters. The lowest BCUT2D eigenvalue weighted by molar-refractivity contribution is -0.385. The first-order valence-corrected chi connectivity index (χ1v) is 8.87. The van der Waals surface area contributed by atoms with Crippen LogP contribution >= 0.6 is 0 Å². The standard InChI is InChI=1S/C15H16N4O5S/c1-9-6-13(11(16)8-14(9)24-2)18-17-12-5-4-10(19(20)21)7-15(12)25(3,22)23/h4-8H,16H2,1-3H3/b18-17+. The van der Waals surface area contributed by atoms with Gasteiger partial charge < -0.3 is 10.5 Å². The minimum atomic E-state index is -3.73. The summed E-state index contributed by atoms with van der Waals surface area (Å²) in [6.07, 6.45) is 0.941. The number of nitrogens with zero attached hydrogens (tertiary/aromatic N) is 3. The van der Waals surface area contributed by atoms with E-state index in [1.165, 1.54) is 13.2 Å². The van der Waals surface area contributed by atoms with E-state index in [9.17, 15) is 18.5 Å². The van der Waals surface area contributed by atoms with Gasteiger partial charge in [-0.2, -0.15) is 0 Å². The highest BCUT2D eigenvalue weighted by atomic mass is 32.2. The van der Waals surface area contributed by atoms with Crippen molar-refractivity contribution in [2.24, 2.45) is 10.2 Å². The number of hydrogen-bond donors (Lipinski definition) is 1. The molecule has 2 aromatic carbocycles. The smallest absolute Gasteiger partial charge is 0.270 e. The molecule has 132 valence electrons. The maximum absolute atomic E-state index is 11.9. The van der Waals surface area contributed by atoms with E-state index >= 15 is 0 Å². The Hall–Kier alpha value is -3.01. The number of methoxy groups -OCH3 is 1. The van der Waals surface area contributed by atoms with Crippen molar-refractivity contribution in [3.8, 4) is 5.75 Å². The molecule has 0 spiro atoms. The number of non-ortho nitro benzene ring substituents is 1. The summed E-state index contributed by atoms with van der Waals surface area (Å²) in [5.41, 5.74) is 6.92. The van der Waals surface area contributed by atoms with Gasteiger partial charge in [0, 0.05) is 24.5 Å². The molecular formula is C15H16N4O5S. The minimum Gasteiger partial charge on any atom is -0.496 e.